The average Bonchev–Trinajstić information content (AvgIpc) is 2.86. The SMILES string of the molecule is O=C(O)C(F)(F)F.O=C1CCCN1C1CCNC1. The van der Waals surface area contributed by atoms with Crippen LogP contribution in [0.5, 0.6) is 0 Å². The molecule has 0 spiro atoms. The highest BCUT2D eigenvalue weighted by molar-refractivity contribution is 5.78. The van der Waals surface area contributed by atoms with Crippen molar-refractivity contribution in [2.75, 3.05) is 19.6 Å². The molecule has 2 aliphatic heterocycles. The van der Waals surface area contributed by atoms with Crippen LogP contribution in [0.4, 0.5) is 13.2 Å². The van der Waals surface area contributed by atoms with E-state index in [9.17, 15) is 18.0 Å². The van der Waals surface area contributed by atoms with Gasteiger partial charge in [-0.3, -0.25) is 4.79 Å². The number of aliphatic carboxylic acids is 1. The summed E-state index contributed by atoms with van der Waals surface area (Å²) < 4.78 is 31.7. The standard InChI is InChI=1S/C8H14N2O.C2HF3O2/c11-8-2-1-5-10(8)7-3-4-9-6-7;3-2(4,5)1(6)7/h7,9H,1-6H2;(H,6,7). The summed E-state index contributed by atoms with van der Waals surface area (Å²) in [4.78, 5) is 22.2. The van der Waals surface area contributed by atoms with Gasteiger partial charge in [-0.1, -0.05) is 0 Å². The number of halogens is 3. The van der Waals surface area contributed by atoms with E-state index < -0.39 is 12.1 Å². The molecule has 18 heavy (non-hydrogen) atoms. The highest BCUT2D eigenvalue weighted by atomic mass is 19.4. The van der Waals surface area contributed by atoms with Crippen LogP contribution in [0.1, 0.15) is 19.3 Å². The number of likely N-dealkylation sites (tertiary alicyclic amines) is 1. The molecule has 0 saturated carbocycles. The monoisotopic (exact) mass is 268 g/mol. The summed E-state index contributed by atoms with van der Waals surface area (Å²) in [6, 6.07) is 0.505. The zero-order valence-corrected chi connectivity index (χ0v) is 9.66. The highest BCUT2D eigenvalue weighted by Crippen LogP contribution is 2.17. The molecule has 2 aliphatic rings. The Balaban J connectivity index is 0.000000203. The molecule has 5 nitrogen and oxygen atoms in total. The Hall–Kier alpha value is -1.31. The second kappa shape index (κ2) is 6.03. The molecule has 1 unspecified atom stereocenters. The molecule has 1 amide bonds. The number of nitrogens with zero attached hydrogens (tertiary/aromatic N) is 1. The van der Waals surface area contributed by atoms with Crippen molar-refractivity contribution in [3.05, 3.63) is 0 Å². The Kier molecular flexibility index (Phi) is 4.94. The van der Waals surface area contributed by atoms with Crippen LogP contribution in [0.3, 0.4) is 0 Å². The van der Waals surface area contributed by atoms with Gasteiger partial charge in [-0.15, -0.1) is 0 Å². The lowest BCUT2D eigenvalue weighted by Crippen LogP contribution is -2.37. The molecule has 0 aromatic carbocycles. The van der Waals surface area contributed by atoms with E-state index in [0.29, 0.717) is 11.9 Å². The van der Waals surface area contributed by atoms with Crippen LogP contribution in [0, 0.1) is 0 Å². The van der Waals surface area contributed by atoms with Gasteiger partial charge in [0.1, 0.15) is 0 Å². The summed E-state index contributed by atoms with van der Waals surface area (Å²) in [5.41, 5.74) is 0. The lowest BCUT2D eigenvalue weighted by atomic mass is 10.2. The number of carboxylic acid groups (broad SMARTS) is 1. The third-order valence-electron chi connectivity index (χ3n) is 2.83. The molecular weight excluding hydrogens is 253 g/mol. The lowest BCUT2D eigenvalue weighted by Gasteiger charge is -2.22. The van der Waals surface area contributed by atoms with Crippen molar-refractivity contribution in [3.63, 3.8) is 0 Å². The summed E-state index contributed by atoms with van der Waals surface area (Å²) in [7, 11) is 0. The maximum atomic E-state index is 11.3. The molecule has 2 rings (SSSR count). The number of alkyl halides is 3. The molecule has 0 aromatic heterocycles. The van der Waals surface area contributed by atoms with Gasteiger partial charge in [0.2, 0.25) is 5.91 Å². The number of nitrogens with one attached hydrogen (secondary N) is 1. The minimum atomic E-state index is -5.08. The van der Waals surface area contributed by atoms with Gasteiger partial charge in [0.05, 0.1) is 0 Å². The molecule has 104 valence electrons. The van der Waals surface area contributed by atoms with E-state index in [4.69, 9.17) is 9.90 Å². The zero-order valence-electron chi connectivity index (χ0n) is 9.66. The molecule has 2 heterocycles. The van der Waals surface area contributed by atoms with Crippen LogP contribution in [0.15, 0.2) is 0 Å². The first-order valence-electron chi connectivity index (χ1n) is 5.62. The van der Waals surface area contributed by atoms with Crippen LogP contribution in [0.2, 0.25) is 0 Å². The van der Waals surface area contributed by atoms with E-state index in [1.54, 1.807) is 0 Å². The molecule has 2 fully saturated rings. The van der Waals surface area contributed by atoms with Gasteiger partial charge in [-0.25, -0.2) is 4.79 Å². The highest BCUT2D eigenvalue weighted by Gasteiger charge is 2.38. The predicted molar refractivity (Wildman–Crippen MR) is 55.9 cm³/mol. The fourth-order valence-electron chi connectivity index (χ4n) is 1.96. The average molecular weight is 268 g/mol. The van der Waals surface area contributed by atoms with E-state index >= 15 is 0 Å². The largest absolute Gasteiger partial charge is 0.490 e. The molecule has 0 radical (unpaired) electrons. The number of rotatable bonds is 1. The van der Waals surface area contributed by atoms with Gasteiger partial charge in [0.15, 0.2) is 0 Å². The molecule has 2 N–H and O–H groups in total. The lowest BCUT2D eigenvalue weighted by molar-refractivity contribution is -0.192. The number of carboxylic acids is 1. The fraction of sp³-hybridized carbons (Fsp3) is 0.800. The van der Waals surface area contributed by atoms with Gasteiger partial charge in [0, 0.05) is 25.6 Å². The van der Waals surface area contributed by atoms with Crippen molar-refractivity contribution in [3.8, 4) is 0 Å². The van der Waals surface area contributed by atoms with Crippen molar-refractivity contribution in [2.24, 2.45) is 0 Å². The van der Waals surface area contributed by atoms with Crippen LogP contribution >= 0.6 is 0 Å². The van der Waals surface area contributed by atoms with Gasteiger partial charge < -0.3 is 15.3 Å². The Labute approximate surface area is 102 Å². The van der Waals surface area contributed by atoms with E-state index in [1.165, 1.54) is 0 Å². The second-order valence-electron chi connectivity index (χ2n) is 4.14. The summed E-state index contributed by atoms with van der Waals surface area (Å²) in [5.74, 6) is -2.40. The smallest absolute Gasteiger partial charge is 0.475 e. The number of amides is 1. The van der Waals surface area contributed by atoms with E-state index in [1.807, 2.05) is 4.90 Å². The number of carbonyl (C=O) groups is 2. The van der Waals surface area contributed by atoms with Crippen molar-refractivity contribution >= 4 is 11.9 Å². The van der Waals surface area contributed by atoms with Crippen molar-refractivity contribution in [1.29, 1.82) is 0 Å². The topological polar surface area (TPSA) is 69.6 Å². The molecule has 2 saturated heterocycles. The first-order chi connectivity index (χ1) is 8.32. The van der Waals surface area contributed by atoms with Crippen LogP contribution < -0.4 is 5.32 Å². The molecular formula is C10H15F3N2O3. The number of hydrogen-bond donors (Lipinski definition) is 2. The van der Waals surface area contributed by atoms with Gasteiger partial charge in [0.25, 0.3) is 0 Å². The molecule has 0 aromatic rings. The van der Waals surface area contributed by atoms with Gasteiger partial charge in [-0.2, -0.15) is 13.2 Å². The maximum absolute atomic E-state index is 11.3. The Bertz CT molecular complexity index is 314. The third-order valence-corrected chi connectivity index (χ3v) is 2.83. The van der Waals surface area contributed by atoms with Crippen LogP contribution in [-0.2, 0) is 9.59 Å². The zero-order chi connectivity index (χ0) is 13.8. The normalized spacial score (nSPS) is 23.8. The number of hydrogen-bond acceptors (Lipinski definition) is 3. The van der Waals surface area contributed by atoms with Crippen LogP contribution in [0.25, 0.3) is 0 Å². The fourth-order valence-corrected chi connectivity index (χ4v) is 1.96. The van der Waals surface area contributed by atoms with E-state index in [-0.39, 0.29) is 0 Å². The number of carbonyl (C=O) groups excluding carboxylic acids is 1. The van der Waals surface area contributed by atoms with Crippen molar-refractivity contribution in [2.45, 2.75) is 31.5 Å². The van der Waals surface area contributed by atoms with E-state index in [0.717, 1.165) is 38.9 Å². The Morgan fingerprint density at radius 3 is 2.39 bits per heavy atom. The Morgan fingerprint density at radius 1 is 1.44 bits per heavy atom. The van der Waals surface area contributed by atoms with Crippen molar-refractivity contribution in [1.82, 2.24) is 10.2 Å². The second-order valence-corrected chi connectivity index (χ2v) is 4.14. The van der Waals surface area contributed by atoms with E-state index in [2.05, 4.69) is 5.32 Å². The summed E-state index contributed by atoms with van der Waals surface area (Å²) in [5, 5.41) is 10.4. The van der Waals surface area contributed by atoms with Gasteiger partial charge in [-0.05, 0) is 19.4 Å². The minimum absolute atomic E-state index is 0.360. The molecule has 0 aliphatic carbocycles. The van der Waals surface area contributed by atoms with Crippen LogP contribution in [-0.4, -0.2) is 53.7 Å². The van der Waals surface area contributed by atoms with Gasteiger partial charge >= 0.3 is 12.1 Å². The predicted octanol–water partition coefficient (Wildman–Crippen LogP) is 0.604. The molecule has 1 atom stereocenters. The quantitative estimate of drug-likeness (QED) is 0.731. The minimum Gasteiger partial charge on any atom is -0.475 e. The molecule has 0 bridgehead atoms. The maximum Gasteiger partial charge on any atom is 0.490 e. The first kappa shape index (κ1) is 14.7. The molecule has 8 heteroatoms. The summed E-state index contributed by atoms with van der Waals surface area (Å²) >= 11 is 0. The van der Waals surface area contributed by atoms with Crippen molar-refractivity contribution < 1.29 is 27.9 Å². The third kappa shape index (κ3) is 4.17. The Morgan fingerprint density at radius 2 is 2.06 bits per heavy atom. The summed E-state index contributed by atoms with van der Waals surface area (Å²) in [6.45, 7) is 3.07. The first-order valence-corrected chi connectivity index (χ1v) is 5.62. The summed E-state index contributed by atoms with van der Waals surface area (Å²) in [6.07, 6.45) is -2.10.